The molecule has 0 bridgehead atoms. The molecule has 0 aromatic heterocycles. The molecule has 2 rings (SSSR count). The van der Waals surface area contributed by atoms with Crippen LogP contribution in [0.25, 0.3) is 0 Å². The Morgan fingerprint density at radius 2 is 2.22 bits per heavy atom. The zero-order valence-electron chi connectivity index (χ0n) is 10.1. The Morgan fingerprint density at radius 1 is 1.56 bits per heavy atom. The van der Waals surface area contributed by atoms with E-state index in [-0.39, 0.29) is 5.75 Å². The summed E-state index contributed by atoms with van der Waals surface area (Å²) in [6, 6.07) is 1.85. The number of ether oxygens (including phenoxy) is 3. The number of aromatic hydroxyl groups is 1. The van der Waals surface area contributed by atoms with Crippen molar-refractivity contribution in [3.05, 3.63) is 34.3 Å². The molecule has 0 unspecified atom stereocenters. The molecular weight excluding hydrogens is 300 g/mol. The van der Waals surface area contributed by atoms with Gasteiger partial charge in [0.05, 0.1) is 24.8 Å². The van der Waals surface area contributed by atoms with Crippen molar-refractivity contribution in [2.45, 2.75) is 12.7 Å². The van der Waals surface area contributed by atoms with Crippen LogP contribution in [0.3, 0.4) is 0 Å². The highest BCUT2D eigenvalue weighted by molar-refractivity contribution is 9.10. The third-order valence-electron chi connectivity index (χ3n) is 2.75. The average molecular weight is 315 g/mol. The Kier molecular flexibility index (Phi) is 4.27. The van der Waals surface area contributed by atoms with Crippen molar-refractivity contribution in [3.63, 3.8) is 0 Å². The van der Waals surface area contributed by atoms with E-state index in [1.807, 2.05) is 6.07 Å². The molecule has 18 heavy (non-hydrogen) atoms. The molecule has 1 fully saturated rings. The molecule has 1 aliphatic heterocycles. The van der Waals surface area contributed by atoms with E-state index in [0.717, 1.165) is 11.1 Å². The molecule has 4 nitrogen and oxygen atoms in total. The fourth-order valence-electron chi connectivity index (χ4n) is 1.91. The monoisotopic (exact) mass is 314 g/mol. The van der Waals surface area contributed by atoms with E-state index in [4.69, 9.17) is 14.2 Å². The van der Waals surface area contributed by atoms with Gasteiger partial charge >= 0.3 is 0 Å². The molecular formula is C13H15BrO4. The van der Waals surface area contributed by atoms with E-state index < -0.39 is 6.29 Å². The second kappa shape index (κ2) is 5.73. The van der Waals surface area contributed by atoms with Gasteiger partial charge in [0.25, 0.3) is 0 Å². The van der Waals surface area contributed by atoms with Crippen LogP contribution in [0.15, 0.2) is 23.2 Å². The fourth-order valence-corrected chi connectivity index (χ4v) is 2.56. The summed E-state index contributed by atoms with van der Waals surface area (Å²) in [5.41, 5.74) is 1.55. The van der Waals surface area contributed by atoms with Gasteiger partial charge in [-0.05, 0) is 28.4 Å². The topological polar surface area (TPSA) is 47.9 Å². The van der Waals surface area contributed by atoms with Gasteiger partial charge < -0.3 is 19.3 Å². The largest absolute Gasteiger partial charge is 0.504 e. The zero-order valence-corrected chi connectivity index (χ0v) is 11.7. The fraction of sp³-hybridized carbons (Fsp3) is 0.385. The Hall–Kier alpha value is -1.04. The summed E-state index contributed by atoms with van der Waals surface area (Å²) in [4.78, 5) is 0. The van der Waals surface area contributed by atoms with Crippen molar-refractivity contribution >= 4 is 15.9 Å². The van der Waals surface area contributed by atoms with Crippen LogP contribution in [0.1, 0.15) is 17.4 Å². The first kappa shape index (κ1) is 13.4. The number of allylic oxidation sites excluding steroid dienone is 1. The summed E-state index contributed by atoms with van der Waals surface area (Å²) in [7, 11) is 1.51. The van der Waals surface area contributed by atoms with Crippen LogP contribution < -0.4 is 4.74 Å². The van der Waals surface area contributed by atoms with Crippen molar-refractivity contribution in [2.75, 3.05) is 20.3 Å². The Balaban J connectivity index is 2.50. The Labute approximate surface area is 114 Å². The van der Waals surface area contributed by atoms with E-state index in [1.165, 1.54) is 7.11 Å². The van der Waals surface area contributed by atoms with Crippen molar-refractivity contribution in [2.24, 2.45) is 0 Å². The number of hydrogen-bond donors (Lipinski definition) is 1. The minimum absolute atomic E-state index is 0.117. The second-order valence-electron chi connectivity index (χ2n) is 3.89. The molecule has 98 valence electrons. The van der Waals surface area contributed by atoms with Crippen molar-refractivity contribution < 1.29 is 19.3 Å². The number of methoxy groups -OCH3 is 1. The number of hydrogen-bond acceptors (Lipinski definition) is 4. The molecule has 1 aromatic rings. The highest BCUT2D eigenvalue weighted by Crippen LogP contribution is 2.43. The van der Waals surface area contributed by atoms with Crippen molar-refractivity contribution in [1.82, 2.24) is 0 Å². The smallest absolute Gasteiger partial charge is 0.185 e. The van der Waals surface area contributed by atoms with Gasteiger partial charge in [0.15, 0.2) is 17.8 Å². The van der Waals surface area contributed by atoms with E-state index >= 15 is 0 Å². The minimum Gasteiger partial charge on any atom is -0.504 e. The maximum Gasteiger partial charge on any atom is 0.185 e. The molecule has 1 aliphatic rings. The number of benzene rings is 1. The maximum absolute atomic E-state index is 10.1. The minimum atomic E-state index is -0.419. The molecule has 1 N–H and O–H groups in total. The van der Waals surface area contributed by atoms with Gasteiger partial charge in [-0.3, -0.25) is 0 Å². The predicted octanol–water partition coefficient (Wildman–Crippen LogP) is 2.94. The SMILES string of the molecule is C=CCc1cc(C2OCCO2)c(Br)c(OC)c1O. The molecule has 0 radical (unpaired) electrons. The van der Waals surface area contributed by atoms with Gasteiger partial charge in [-0.15, -0.1) is 6.58 Å². The van der Waals surface area contributed by atoms with Crippen LogP contribution in [0.2, 0.25) is 0 Å². The first-order chi connectivity index (χ1) is 8.69. The zero-order chi connectivity index (χ0) is 13.1. The lowest BCUT2D eigenvalue weighted by molar-refractivity contribution is -0.0448. The molecule has 1 aromatic carbocycles. The van der Waals surface area contributed by atoms with Crippen LogP contribution in [-0.2, 0) is 15.9 Å². The first-order valence-electron chi connectivity index (χ1n) is 5.61. The van der Waals surface area contributed by atoms with Crippen LogP contribution in [-0.4, -0.2) is 25.4 Å². The van der Waals surface area contributed by atoms with Crippen LogP contribution >= 0.6 is 15.9 Å². The highest BCUT2D eigenvalue weighted by Gasteiger charge is 2.25. The molecule has 1 saturated heterocycles. The quantitative estimate of drug-likeness (QED) is 0.868. The summed E-state index contributed by atoms with van der Waals surface area (Å²) < 4.78 is 16.8. The van der Waals surface area contributed by atoms with Crippen LogP contribution in [0.5, 0.6) is 11.5 Å². The second-order valence-corrected chi connectivity index (χ2v) is 4.68. The molecule has 0 saturated carbocycles. The third kappa shape index (κ3) is 2.39. The predicted molar refractivity (Wildman–Crippen MR) is 70.9 cm³/mol. The molecule has 0 aliphatic carbocycles. The normalized spacial score (nSPS) is 15.9. The van der Waals surface area contributed by atoms with Gasteiger partial charge in [0, 0.05) is 11.1 Å². The lowest BCUT2D eigenvalue weighted by Crippen LogP contribution is -2.03. The first-order valence-corrected chi connectivity index (χ1v) is 6.40. The number of halogens is 1. The third-order valence-corrected chi connectivity index (χ3v) is 3.56. The number of rotatable bonds is 4. The highest BCUT2D eigenvalue weighted by atomic mass is 79.9. The van der Waals surface area contributed by atoms with Crippen LogP contribution in [0, 0.1) is 0 Å². The summed E-state index contributed by atoms with van der Waals surface area (Å²) in [5, 5.41) is 10.1. The molecule has 0 amide bonds. The van der Waals surface area contributed by atoms with E-state index in [0.29, 0.717) is 29.9 Å². The lowest BCUT2D eigenvalue weighted by Gasteiger charge is -2.17. The van der Waals surface area contributed by atoms with Gasteiger partial charge in [-0.25, -0.2) is 0 Å². The van der Waals surface area contributed by atoms with Gasteiger partial charge in [0.1, 0.15) is 0 Å². The summed E-state index contributed by atoms with van der Waals surface area (Å²) >= 11 is 3.42. The molecule has 1 heterocycles. The lowest BCUT2D eigenvalue weighted by atomic mass is 10.1. The van der Waals surface area contributed by atoms with Crippen molar-refractivity contribution in [1.29, 1.82) is 0 Å². The van der Waals surface area contributed by atoms with E-state index in [9.17, 15) is 5.11 Å². The average Bonchev–Trinajstić information content (AvgIpc) is 2.87. The maximum atomic E-state index is 10.1. The van der Waals surface area contributed by atoms with E-state index in [2.05, 4.69) is 22.5 Å². The molecule has 0 spiro atoms. The van der Waals surface area contributed by atoms with Gasteiger partial charge in [0.2, 0.25) is 0 Å². The van der Waals surface area contributed by atoms with E-state index in [1.54, 1.807) is 6.08 Å². The van der Waals surface area contributed by atoms with Crippen LogP contribution in [0.4, 0.5) is 0 Å². The van der Waals surface area contributed by atoms with Crippen molar-refractivity contribution in [3.8, 4) is 11.5 Å². The Morgan fingerprint density at radius 3 is 2.78 bits per heavy atom. The van der Waals surface area contributed by atoms with Gasteiger partial charge in [-0.1, -0.05) is 6.08 Å². The standard InChI is InChI=1S/C13H15BrO4/c1-3-4-8-7-9(13-17-5-6-18-13)10(14)12(16-2)11(8)15/h3,7,13,15H,1,4-6H2,2H3. The number of phenols is 1. The summed E-state index contributed by atoms with van der Waals surface area (Å²) in [6.07, 6.45) is 1.86. The molecule has 0 atom stereocenters. The van der Waals surface area contributed by atoms with Gasteiger partial charge in [-0.2, -0.15) is 0 Å². The number of phenolic OH excluding ortho intramolecular Hbond substituents is 1. The summed E-state index contributed by atoms with van der Waals surface area (Å²) in [6.45, 7) is 4.81. The molecule has 5 heteroatoms. The Bertz CT molecular complexity index is 453. The summed E-state index contributed by atoms with van der Waals surface area (Å²) in [5.74, 6) is 0.509.